The Labute approximate surface area is 160 Å². The van der Waals surface area contributed by atoms with E-state index in [0.717, 1.165) is 15.7 Å². The van der Waals surface area contributed by atoms with Crippen LogP contribution in [0.15, 0.2) is 83.3 Å². The smallest absolute Gasteiger partial charge is 0.255 e. The number of nitrogens with one attached hydrogen (secondary N) is 2. The number of rotatable bonds is 5. The standard InChI is InChI=1S/C21H17BrN2O2/c22-17-8-12-19(13-9-17)24-21(26)16-6-10-18(11-7-16)23-20(25)14-15-4-2-1-3-5-15/h1-13H,14H2,(H,23,25)(H,24,26). The third-order valence-corrected chi connectivity index (χ3v) is 4.27. The molecule has 0 saturated heterocycles. The minimum absolute atomic E-state index is 0.0942. The zero-order valence-electron chi connectivity index (χ0n) is 13.9. The fraction of sp³-hybridized carbons (Fsp3) is 0.0476. The molecule has 3 aromatic carbocycles. The summed E-state index contributed by atoms with van der Waals surface area (Å²) < 4.78 is 0.950. The molecular weight excluding hydrogens is 392 g/mol. The third kappa shape index (κ3) is 5.04. The molecule has 5 heteroatoms. The van der Waals surface area contributed by atoms with Crippen molar-refractivity contribution in [1.29, 1.82) is 0 Å². The number of hydrogen-bond donors (Lipinski definition) is 2. The summed E-state index contributed by atoms with van der Waals surface area (Å²) in [6.07, 6.45) is 0.312. The Morgan fingerprint density at radius 2 is 1.31 bits per heavy atom. The molecule has 3 rings (SSSR count). The van der Waals surface area contributed by atoms with Gasteiger partial charge in [-0.1, -0.05) is 46.3 Å². The van der Waals surface area contributed by atoms with E-state index in [0.29, 0.717) is 17.7 Å². The lowest BCUT2D eigenvalue weighted by Crippen LogP contribution is -2.15. The fourth-order valence-corrected chi connectivity index (χ4v) is 2.69. The van der Waals surface area contributed by atoms with E-state index in [1.54, 1.807) is 24.3 Å². The second-order valence-electron chi connectivity index (χ2n) is 5.75. The highest BCUT2D eigenvalue weighted by Crippen LogP contribution is 2.16. The third-order valence-electron chi connectivity index (χ3n) is 3.74. The van der Waals surface area contributed by atoms with Gasteiger partial charge < -0.3 is 10.6 Å². The van der Waals surface area contributed by atoms with E-state index >= 15 is 0 Å². The normalized spacial score (nSPS) is 10.2. The van der Waals surface area contributed by atoms with Crippen LogP contribution in [0.1, 0.15) is 15.9 Å². The van der Waals surface area contributed by atoms with Crippen LogP contribution in [0.2, 0.25) is 0 Å². The molecule has 2 N–H and O–H groups in total. The van der Waals surface area contributed by atoms with Gasteiger partial charge in [0.15, 0.2) is 0 Å². The van der Waals surface area contributed by atoms with Crippen LogP contribution < -0.4 is 10.6 Å². The van der Waals surface area contributed by atoms with Crippen LogP contribution in [-0.2, 0) is 11.2 Å². The van der Waals surface area contributed by atoms with Gasteiger partial charge in [0, 0.05) is 21.4 Å². The Morgan fingerprint density at radius 3 is 1.96 bits per heavy atom. The molecule has 0 atom stereocenters. The molecule has 0 aliphatic carbocycles. The van der Waals surface area contributed by atoms with Crippen molar-refractivity contribution < 1.29 is 9.59 Å². The van der Waals surface area contributed by atoms with E-state index < -0.39 is 0 Å². The van der Waals surface area contributed by atoms with Gasteiger partial charge in [-0.25, -0.2) is 0 Å². The molecule has 4 nitrogen and oxygen atoms in total. The quantitative estimate of drug-likeness (QED) is 0.631. The van der Waals surface area contributed by atoms with Crippen molar-refractivity contribution >= 4 is 39.1 Å². The van der Waals surface area contributed by atoms with E-state index in [4.69, 9.17) is 0 Å². The van der Waals surface area contributed by atoms with Crippen LogP contribution in [-0.4, -0.2) is 11.8 Å². The van der Waals surface area contributed by atoms with Crippen molar-refractivity contribution in [3.63, 3.8) is 0 Å². The molecule has 0 aliphatic rings. The summed E-state index contributed by atoms with van der Waals surface area (Å²) in [7, 11) is 0. The van der Waals surface area contributed by atoms with Gasteiger partial charge in [-0.3, -0.25) is 9.59 Å². The van der Waals surface area contributed by atoms with E-state index in [-0.39, 0.29) is 11.8 Å². The first-order chi connectivity index (χ1) is 12.6. The highest BCUT2D eigenvalue weighted by molar-refractivity contribution is 9.10. The molecule has 0 saturated carbocycles. The minimum Gasteiger partial charge on any atom is -0.326 e. The summed E-state index contributed by atoms with van der Waals surface area (Å²) in [6.45, 7) is 0. The van der Waals surface area contributed by atoms with Gasteiger partial charge in [0.1, 0.15) is 0 Å². The van der Waals surface area contributed by atoms with Gasteiger partial charge in [-0.15, -0.1) is 0 Å². The maximum Gasteiger partial charge on any atom is 0.255 e. The highest BCUT2D eigenvalue weighted by Gasteiger charge is 2.08. The molecule has 0 aliphatic heterocycles. The molecule has 0 radical (unpaired) electrons. The van der Waals surface area contributed by atoms with E-state index in [1.165, 1.54) is 0 Å². The predicted molar refractivity (Wildman–Crippen MR) is 107 cm³/mol. The number of carbonyl (C=O) groups is 2. The molecule has 0 spiro atoms. The number of hydrogen-bond acceptors (Lipinski definition) is 2. The van der Waals surface area contributed by atoms with E-state index in [1.807, 2.05) is 54.6 Å². The molecule has 2 amide bonds. The van der Waals surface area contributed by atoms with Crippen LogP contribution in [0.25, 0.3) is 0 Å². The number of benzene rings is 3. The average molecular weight is 409 g/mol. The molecule has 0 fully saturated rings. The van der Waals surface area contributed by atoms with Crippen molar-refractivity contribution in [2.24, 2.45) is 0 Å². The predicted octanol–water partition coefficient (Wildman–Crippen LogP) is 4.88. The van der Waals surface area contributed by atoms with Crippen LogP contribution in [0, 0.1) is 0 Å². The Morgan fingerprint density at radius 1 is 0.731 bits per heavy atom. The topological polar surface area (TPSA) is 58.2 Å². The zero-order chi connectivity index (χ0) is 18.4. The van der Waals surface area contributed by atoms with Crippen molar-refractivity contribution in [2.75, 3.05) is 10.6 Å². The van der Waals surface area contributed by atoms with Crippen LogP contribution in [0.4, 0.5) is 11.4 Å². The first-order valence-corrected chi connectivity index (χ1v) is 8.90. The number of anilines is 2. The van der Waals surface area contributed by atoms with Gasteiger partial charge in [-0.2, -0.15) is 0 Å². The second kappa shape index (κ2) is 8.45. The lowest BCUT2D eigenvalue weighted by molar-refractivity contribution is -0.115. The van der Waals surface area contributed by atoms with Crippen molar-refractivity contribution in [3.8, 4) is 0 Å². The lowest BCUT2D eigenvalue weighted by Gasteiger charge is -2.08. The Bertz CT molecular complexity index is 892. The van der Waals surface area contributed by atoms with Crippen LogP contribution >= 0.6 is 15.9 Å². The van der Waals surface area contributed by atoms with Crippen LogP contribution in [0.5, 0.6) is 0 Å². The zero-order valence-corrected chi connectivity index (χ0v) is 15.5. The Hall–Kier alpha value is -2.92. The van der Waals surface area contributed by atoms with Crippen molar-refractivity contribution in [1.82, 2.24) is 0 Å². The first-order valence-electron chi connectivity index (χ1n) is 8.11. The highest BCUT2D eigenvalue weighted by atomic mass is 79.9. The maximum absolute atomic E-state index is 12.3. The average Bonchev–Trinajstić information content (AvgIpc) is 2.65. The number of carbonyl (C=O) groups excluding carboxylic acids is 2. The molecule has 0 aromatic heterocycles. The monoisotopic (exact) mass is 408 g/mol. The molecule has 26 heavy (non-hydrogen) atoms. The minimum atomic E-state index is -0.200. The summed E-state index contributed by atoms with van der Waals surface area (Å²) in [5, 5.41) is 5.67. The van der Waals surface area contributed by atoms with E-state index in [9.17, 15) is 9.59 Å². The van der Waals surface area contributed by atoms with Crippen molar-refractivity contribution in [2.45, 2.75) is 6.42 Å². The van der Waals surface area contributed by atoms with Crippen LogP contribution in [0.3, 0.4) is 0 Å². The molecule has 130 valence electrons. The second-order valence-corrected chi connectivity index (χ2v) is 6.66. The summed E-state index contributed by atoms with van der Waals surface area (Å²) in [5.74, 6) is -0.294. The molecule has 3 aromatic rings. The SMILES string of the molecule is O=C(Cc1ccccc1)Nc1ccc(C(=O)Nc2ccc(Br)cc2)cc1. The van der Waals surface area contributed by atoms with Gasteiger partial charge in [-0.05, 0) is 54.1 Å². The summed E-state index contributed by atoms with van der Waals surface area (Å²) >= 11 is 3.36. The van der Waals surface area contributed by atoms with Gasteiger partial charge in [0.05, 0.1) is 6.42 Å². The first kappa shape index (κ1) is 17.9. The lowest BCUT2D eigenvalue weighted by atomic mass is 10.1. The Balaban J connectivity index is 1.58. The van der Waals surface area contributed by atoms with Crippen molar-refractivity contribution in [3.05, 3.63) is 94.5 Å². The number of amides is 2. The maximum atomic E-state index is 12.3. The molecule has 0 unspecified atom stereocenters. The fourth-order valence-electron chi connectivity index (χ4n) is 2.43. The van der Waals surface area contributed by atoms with Gasteiger partial charge >= 0.3 is 0 Å². The Kier molecular flexibility index (Phi) is 5.81. The molecular formula is C21H17BrN2O2. The largest absolute Gasteiger partial charge is 0.326 e. The molecule has 0 heterocycles. The molecule has 0 bridgehead atoms. The summed E-state index contributed by atoms with van der Waals surface area (Å²) in [5.41, 5.74) is 2.86. The number of halogens is 1. The van der Waals surface area contributed by atoms with Gasteiger partial charge in [0.25, 0.3) is 5.91 Å². The summed E-state index contributed by atoms with van der Waals surface area (Å²) in [6, 6.07) is 23.7. The summed E-state index contributed by atoms with van der Waals surface area (Å²) in [4.78, 5) is 24.3. The van der Waals surface area contributed by atoms with Gasteiger partial charge in [0.2, 0.25) is 5.91 Å². The van der Waals surface area contributed by atoms with E-state index in [2.05, 4.69) is 26.6 Å².